The van der Waals surface area contributed by atoms with Gasteiger partial charge in [-0.3, -0.25) is 4.99 Å². The molecule has 1 saturated heterocycles. The number of guanidine groups is 1. The van der Waals surface area contributed by atoms with E-state index in [0.29, 0.717) is 6.54 Å². The number of aliphatic imine (C=N–C) groups is 1. The van der Waals surface area contributed by atoms with E-state index in [2.05, 4.69) is 80.5 Å². The van der Waals surface area contributed by atoms with Crippen LogP contribution in [-0.2, 0) is 11.3 Å². The highest BCUT2D eigenvalue weighted by Crippen LogP contribution is 2.26. The van der Waals surface area contributed by atoms with Crippen LogP contribution in [-0.4, -0.2) is 62.9 Å². The van der Waals surface area contributed by atoms with Gasteiger partial charge in [-0.2, -0.15) is 0 Å². The Morgan fingerprint density at radius 3 is 2.41 bits per heavy atom. The zero-order chi connectivity index (χ0) is 20.8. The van der Waals surface area contributed by atoms with Crippen molar-refractivity contribution >= 4 is 29.9 Å². The van der Waals surface area contributed by atoms with Crippen molar-refractivity contribution in [3.8, 4) is 5.75 Å². The molecule has 0 unspecified atom stereocenters. The van der Waals surface area contributed by atoms with Crippen molar-refractivity contribution in [2.75, 3.05) is 40.9 Å². The molecule has 29 heavy (non-hydrogen) atoms. The van der Waals surface area contributed by atoms with Crippen molar-refractivity contribution in [2.24, 2.45) is 4.99 Å². The van der Waals surface area contributed by atoms with Gasteiger partial charge in [-0.05, 0) is 66.3 Å². The maximum Gasteiger partial charge on any atom is 0.191 e. The van der Waals surface area contributed by atoms with Gasteiger partial charge in [-0.25, -0.2) is 0 Å². The Morgan fingerprint density at radius 2 is 1.86 bits per heavy atom. The van der Waals surface area contributed by atoms with Crippen molar-refractivity contribution in [1.82, 2.24) is 15.5 Å². The minimum Gasteiger partial charge on any atom is -0.488 e. The summed E-state index contributed by atoms with van der Waals surface area (Å²) in [5.41, 5.74) is 2.18. The van der Waals surface area contributed by atoms with Crippen LogP contribution in [0.25, 0.3) is 0 Å². The molecule has 0 atom stereocenters. The van der Waals surface area contributed by atoms with Gasteiger partial charge in [0.25, 0.3) is 0 Å². The highest BCUT2D eigenvalue weighted by Gasteiger charge is 2.34. The van der Waals surface area contributed by atoms with E-state index < -0.39 is 0 Å². The molecule has 1 aromatic rings. The van der Waals surface area contributed by atoms with E-state index in [1.807, 2.05) is 7.05 Å². The Morgan fingerprint density at radius 1 is 1.21 bits per heavy atom. The van der Waals surface area contributed by atoms with Crippen molar-refractivity contribution in [2.45, 2.75) is 58.2 Å². The van der Waals surface area contributed by atoms with Crippen LogP contribution in [0.5, 0.6) is 5.75 Å². The molecule has 0 amide bonds. The van der Waals surface area contributed by atoms with Gasteiger partial charge < -0.3 is 25.0 Å². The van der Waals surface area contributed by atoms with Crippen molar-refractivity contribution in [3.05, 3.63) is 29.3 Å². The molecule has 0 radical (unpaired) electrons. The summed E-state index contributed by atoms with van der Waals surface area (Å²) in [5.74, 6) is 1.72. The second kappa shape index (κ2) is 11.4. The number of halogens is 1. The number of nitrogens with zero attached hydrogens (tertiary/aromatic N) is 2. The minimum absolute atomic E-state index is 0. The summed E-state index contributed by atoms with van der Waals surface area (Å²) in [6.07, 6.45) is 2.04. The SMILES string of the molecule is CN=C(NCc1ccc(C)cc1OC(C)(C)C)NCC1(N(C)C)CCOCC1.I. The third-order valence-corrected chi connectivity index (χ3v) is 5.27. The fraction of sp³-hybridized carbons (Fsp3) is 0.682. The summed E-state index contributed by atoms with van der Waals surface area (Å²) in [6.45, 7) is 11.4. The molecule has 0 aliphatic carbocycles. The lowest BCUT2D eigenvalue weighted by molar-refractivity contribution is -0.00501. The molecule has 7 heteroatoms. The number of rotatable bonds is 6. The summed E-state index contributed by atoms with van der Waals surface area (Å²) in [7, 11) is 6.10. The van der Waals surface area contributed by atoms with Gasteiger partial charge in [-0.15, -0.1) is 24.0 Å². The molecular formula is C22H39IN4O2. The third-order valence-electron chi connectivity index (χ3n) is 5.27. The predicted molar refractivity (Wildman–Crippen MR) is 132 cm³/mol. The number of likely N-dealkylation sites (N-methyl/N-ethyl adjacent to an activating group) is 1. The van der Waals surface area contributed by atoms with Crippen LogP contribution in [0.2, 0.25) is 0 Å². The molecule has 2 N–H and O–H groups in total. The topological polar surface area (TPSA) is 58.1 Å². The van der Waals surface area contributed by atoms with Gasteiger partial charge in [0.1, 0.15) is 11.4 Å². The monoisotopic (exact) mass is 518 g/mol. The molecule has 1 fully saturated rings. The van der Waals surface area contributed by atoms with E-state index in [1.165, 1.54) is 5.56 Å². The average Bonchev–Trinajstić information content (AvgIpc) is 2.62. The second-order valence-electron chi connectivity index (χ2n) is 8.84. The smallest absolute Gasteiger partial charge is 0.191 e. The molecule has 6 nitrogen and oxygen atoms in total. The van der Waals surface area contributed by atoms with Gasteiger partial charge >= 0.3 is 0 Å². The molecule has 1 aliphatic heterocycles. The van der Waals surface area contributed by atoms with Crippen LogP contribution < -0.4 is 15.4 Å². The first-order chi connectivity index (χ1) is 13.1. The Bertz CT molecular complexity index is 665. The van der Waals surface area contributed by atoms with E-state index in [-0.39, 0.29) is 35.1 Å². The van der Waals surface area contributed by atoms with Crippen molar-refractivity contribution < 1.29 is 9.47 Å². The van der Waals surface area contributed by atoms with Gasteiger partial charge in [-0.1, -0.05) is 12.1 Å². The molecule has 0 bridgehead atoms. The molecule has 0 saturated carbocycles. The quantitative estimate of drug-likeness (QED) is 0.343. The van der Waals surface area contributed by atoms with Gasteiger partial charge in [0, 0.05) is 44.5 Å². The lowest BCUT2D eigenvalue weighted by Gasteiger charge is -2.43. The number of ether oxygens (including phenoxy) is 2. The molecule has 1 aromatic carbocycles. The first-order valence-electron chi connectivity index (χ1n) is 10.1. The predicted octanol–water partition coefficient (Wildman–Crippen LogP) is 3.57. The second-order valence-corrected chi connectivity index (χ2v) is 8.84. The first kappa shape index (κ1) is 26.0. The third kappa shape index (κ3) is 7.94. The first-order valence-corrected chi connectivity index (χ1v) is 10.1. The number of hydrogen-bond acceptors (Lipinski definition) is 4. The Kier molecular flexibility index (Phi) is 10.2. The number of hydrogen-bond donors (Lipinski definition) is 2. The van der Waals surface area contributed by atoms with Gasteiger partial charge in [0.2, 0.25) is 0 Å². The van der Waals surface area contributed by atoms with Crippen LogP contribution in [0, 0.1) is 6.92 Å². The lowest BCUT2D eigenvalue weighted by atomic mass is 9.88. The standard InChI is InChI=1S/C22H38N4O2.HI/c1-17-8-9-18(19(14-17)28-21(2,3)4)15-24-20(23-5)25-16-22(26(6)7)10-12-27-13-11-22;/h8-9,14H,10-13,15-16H2,1-7H3,(H2,23,24,25);1H. The highest BCUT2D eigenvalue weighted by molar-refractivity contribution is 14.0. The summed E-state index contributed by atoms with van der Waals surface area (Å²) in [6, 6.07) is 6.34. The number of nitrogens with one attached hydrogen (secondary N) is 2. The van der Waals surface area contributed by atoms with Crippen LogP contribution in [0.1, 0.15) is 44.7 Å². The summed E-state index contributed by atoms with van der Waals surface area (Å²) < 4.78 is 11.7. The molecule has 0 aromatic heterocycles. The van der Waals surface area contributed by atoms with E-state index in [9.17, 15) is 0 Å². The number of aryl methyl sites for hydroxylation is 1. The summed E-state index contributed by atoms with van der Waals surface area (Å²) in [5, 5.41) is 6.95. The van der Waals surface area contributed by atoms with Crippen molar-refractivity contribution in [3.63, 3.8) is 0 Å². The average molecular weight is 518 g/mol. The maximum atomic E-state index is 6.16. The molecule has 1 aliphatic rings. The van der Waals surface area contributed by atoms with Crippen LogP contribution in [0.15, 0.2) is 23.2 Å². The van der Waals surface area contributed by atoms with Crippen LogP contribution >= 0.6 is 24.0 Å². The largest absolute Gasteiger partial charge is 0.488 e. The highest BCUT2D eigenvalue weighted by atomic mass is 127. The van der Waals surface area contributed by atoms with E-state index in [1.54, 1.807) is 0 Å². The maximum absolute atomic E-state index is 6.16. The van der Waals surface area contributed by atoms with Crippen LogP contribution in [0.3, 0.4) is 0 Å². The molecule has 0 spiro atoms. The normalized spacial score (nSPS) is 16.9. The van der Waals surface area contributed by atoms with Gasteiger partial charge in [0.05, 0.1) is 0 Å². The molecule has 2 rings (SSSR count). The molecular weight excluding hydrogens is 479 g/mol. The number of benzene rings is 1. The van der Waals surface area contributed by atoms with E-state index in [4.69, 9.17) is 9.47 Å². The van der Waals surface area contributed by atoms with Crippen LogP contribution in [0.4, 0.5) is 0 Å². The zero-order valence-electron chi connectivity index (χ0n) is 19.1. The lowest BCUT2D eigenvalue weighted by Crippen LogP contribution is -2.57. The van der Waals surface area contributed by atoms with Gasteiger partial charge in [0.15, 0.2) is 5.96 Å². The zero-order valence-corrected chi connectivity index (χ0v) is 21.4. The summed E-state index contributed by atoms with van der Waals surface area (Å²) >= 11 is 0. The van der Waals surface area contributed by atoms with Crippen molar-refractivity contribution in [1.29, 1.82) is 0 Å². The minimum atomic E-state index is -0.233. The summed E-state index contributed by atoms with van der Waals surface area (Å²) in [4.78, 5) is 6.71. The fourth-order valence-electron chi connectivity index (χ4n) is 3.41. The van der Waals surface area contributed by atoms with E-state index in [0.717, 1.165) is 49.9 Å². The molecule has 166 valence electrons. The Balaban J connectivity index is 0.00000420. The molecule has 1 heterocycles. The van der Waals surface area contributed by atoms with E-state index >= 15 is 0 Å². The Hall–Kier alpha value is -1.06. The Labute approximate surface area is 193 Å². The fourth-order valence-corrected chi connectivity index (χ4v) is 3.41.